The van der Waals surface area contributed by atoms with Gasteiger partial charge in [0, 0.05) is 10.6 Å². The van der Waals surface area contributed by atoms with Crippen LogP contribution in [0.4, 0.5) is 5.69 Å². The second-order valence-corrected chi connectivity index (χ2v) is 7.33. The second kappa shape index (κ2) is 7.98. The Balaban J connectivity index is 1.88. The Morgan fingerprint density at radius 3 is 2.73 bits per heavy atom. The molecule has 0 atom stereocenters. The van der Waals surface area contributed by atoms with E-state index < -0.39 is 0 Å². The Hall–Kier alpha value is -2.24. The van der Waals surface area contributed by atoms with Gasteiger partial charge in [0.15, 0.2) is 5.17 Å². The summed E-state index contributed by atoms with van der Waals surface area (Å²) in [5.41, 5.74) is 3.96. The van der Waals surface area contributed by atoms with Crippen LogP contribution in [0.15, 0.2) is 46.3 Å². The third-order valence-corrected chi connectivity index (χ3v) is 5.08. The smallest absolute Gasteiger partial charge is 0.264 e. The van der Waals surface area contributed by atoms with Crippen LogP contribution in [-0.4, -0.2) is 17.7 Å². The van der Waals surface area contributed by atoms with Crippen LogP contribution in [0.5, 0.6) is 5.75 Å². The molecule has 1 aliphatic rings. The molecule has 1 amide bonds. The molecule has 26 heavy (non-hydrogen) atoms. The number of aliphatic imine (C=N–C) groups is 1. The van der Waals surface area contributed by atoms with E-state index in [4.69, 9.17) is 16.3 Å². The molecule has 0 aliphatic carbocycles. The second-order valence-electron chi connectivity index (χ2n) is 5.87. The third-order valence-electron chi connectivity index (χ3n) is 3.93. The van der Waals surface area contributed by atoms with Crippen molar-refractivity contribution in [2.75, 3.05) is 6.61 Å². The van der Waals surface area contributed by atoms with Crippen molar-refractivity contribution < 1.29 is 9.53 Å². The molecule has 1 heterocycles. The number of thioether (sulfide) groups is 1. The van der Waals surface area contributed by atoms with Crippen LogP contribution in [0.2, 0.25) is 5.02 Å². The fourth-order valence-electron chi connectivity index (χ4n) is 2.45. The van der Waals surface area contributed by atoms with Gasteiger partial charge >= 0.3 is 0 Å². The van der Waals surface area contributed by atoms with E-state index in [-0.39, 0.29) is 5.91 Å². The van der Waals surface area contributed by atoms with Crippen LogP contribution >= 0.6 is 23.4 Å². The Morgan fingerprint density at radius 1 is 1.19 bits per heavy atom. The molecular formula is C20H19ClN2O2S. The Kier molecular flexibility index (Phi) is 5.69. The molecule has 1 saturated heterocycles. The van der Waals surface area contributed by atoms with Crippen molar-refractivity contribution in [2.45, 2.75) is 20.8 Å². The van der Waals surface area contributed by atoms with Crippen LogP contribution in [0.25, 0.3) is 6.08 Å². The summed E-state index contributed by atoms with van der Waals surface area (Å²) >= 11 is 7.39. The number of amidine groups is 1. The fourth-order valence-corrected chi connectivity index (χ4v) is 3.47. The van der Waals surface area contributed by atoms with Gasteiger partial charge in [-0.2, -0.15) is 0 Å². The van der Waals surface area contributed by atoms with Gasteiger partial charge in [-0.15, -0.1) is 0 Å². The molecular weight excluding hydrogens is 368 g/mol. The van der Waals surface area contributed by atoms with Crippen molar-refractivity contribution in [1.29, 1.82) is 0 Å². The molecule has 134 valence electrons. The van der Waals surface area contributed by atoms with Crippen LogP contribution in [0.1, 0.15) is 23.6 Å². The standard InChI is InChI=1S/C20H19ClN2O2S/c1-4-25-17-8-6-15(21)10-14(17)11-18-19(24)23-20(26-18)22-16-7-5-12(2)13(3)9-16/h5-11H,4H2,1-3H3,(H,22,23,24)/b18-11-. The molecule has 0 aromatic heterocycles. The number of ether oxygens (including phenoxy) is 1. The number of benzene rings is 2. The zero-order valence-electron chi connectivity index (χ0n) is 14.8. The van der Waals surface area contributed by atoms with Crippen LogP contribution < -0.4 is 10.1 Å². The maximum atomic E-state index is 12.3. The summed E-state index contributed by atoms with van der Waals surface area (Å²) in [6, 6.07) is 11.3. The number of carbonyl (C=O) groups is 1. The number of nitrogens with one attached hydrogen (secondary N) is 1. The number of nitrogens with zero attached hydrogens (tertiary/aromatic N) is 1. The first kappa shape index (κ1) is 18.5. The predicted octanol–water partition coefficient (Wildman–Crippen LogP) is 5.25. The molecule has 6 heteroatoms. The lowest BCUT2D eigenvalue weighted by molar-refractivity contribution is -0.115. The van der Waals surface area contributed by atoms with E-state index in [1.54, 1.807) is 24.3 Å². The van der Waals surface area contributed by atoms with Crippen molar-refractivity contribution in [3.63, 3.8) is 0 Å². The Morgan fingerprint density at radius 2 is 2.00 bits per heavy atom. The largest absolute Gasteiger partial charge is 0.493 e. The van der Waals surface area contributed by atoms with Crippen molar-refractivity contribution in [3.05, 3.63) is 63.0 Å². The van der Waals surface area contributed by atoms with Crippen molar-refractivity contribution >= 4 is 46.2 Å². The SMILES string of the molecule is CCOc1ccc(Cl)cc1/C=C1\SC(=Nc2ccc(C)c(C)c2)NC1=O. The third kappa shape index (κ3) is 4.29. The number of rotatable bonds is 4. The highest BCUT2D eigenvalue weighted by Gasteiger charge is 2.24. The first-order valence-electron chi connectivity index (χ1n) is 8.25. The summed E-state index contributed by atoms with van der Waals surface area (Å²) in [6.07, 6.45) is 1.78. The lowest BCUT2D eigenvalue weighted by atomic mass is 10.1. The molecule has 0 radical (unpaired) electrons. The lowest BCUT2D eigenvalue weighted by Crippen LogP contribution is -2.19. The highest BCUT2D eigenvalue weighted by atomic mass is 35.5. The minimum absolute atomic E-state index is 0.181. The molecule has 0 saturated carbocycles. The normalized spacial score (nSPS) is 17.0. The number of carbonyl (C=O) groups excluding carboxylic acids is 1. The maximum absolute atomic E-state index is 12.3. The molecule has 3 rings (SSSR count). The van der Waals surface area contributed by atoms with Gasteiger partial charge in [-0.1, -0.05) is 17.7 Å². The van der Waals surface area contributed by atoms with Gasteiger partial charge in [0.25, 0.3) is 5.91 Å². The number of amides is 1. The summed E-state index contributed by atoms with van der Waals surface area (Å²) < 4.78 is 5.61. The molecule has 0 unspecified atom stereocenters. The molecule has 4 nitrogen and oxygen atoms in total. The number of aryl methyl sites for hydroxylation is 2. The first-order chi connectivity index (χ1) is 12.5. The van der Waals surface area contributed by atoms with E-state index in [9.17, 15) is 4.79 Å². The quantitative estimate of drug-likeness (QED) is 0.730. The van der Waals surface area contributed by atoms with Gasteiger partial charge in [0.05, 0.1) is 17.2 Å². The summed E-state index contributed by atoms with van der Waals surface area (Å²) in [5, 5.41) is 3.95. The number of halogens is 1. The van der Waals surface area contributed by atoms with E-state index in [1.807, 2.05) is 32.0 Å². The fraction of sp³-hybridized carbons (Fsp3) is 0.200. The zero-order valence-corrected chi connectivity index (χ0v) is 16.4. The molecule has 2 aromatic carbocycles. The van der Waals surface area contributed by atoms with Gasteiger partial charge in [-0.3, -0.25) is 4.79 Å². The highest BCUT2D eigenvalue weighted by molar-refractivity contribution is 8.18. The van der Waals surface area contributed by atoms with E-state index in [0.29, 0.717) is 27.5 Å². The summed E-state index contributed by atoms with van der Waals surface area (Å²) in [4.78, 5) is 17.4. The Labute approximate surface area is 162 Å². The molecule has 1 aliphatic heterocycles. The van der Waals surface area contributed by atoms with E-state index in [1.165, 1.54) is 17.3 Å². The van der Waals surface area contributed by atoms with Crippen molar-refractivity contribution in [2.24, 2.45) is 4.99 Å². The molecule has 2 aromatic rings. The number of hydrogen-bond donors (Lipinski definition) is 1. The summed E-state index contributed by atoms with van der Waals surface area (Å²) in [7, 11) is 0. The monoisotopic (exact) mass is 386 g/mol. The minimum atomic E-state index is -0.181. The van der Waals surface area contributed by atoms with Crippen LogP contribution in [-0.2, 0) is 4.79 Å². The average Bonchev–Trinajstić information content (AvgIpc) is 2.93. The molecule has 1 fully saturated rings. The van der Waals surface area contributed by atoms with E-state index in [0.717, 1.165) is 16.8 Å². The van der Waals surface area contributed by atoms with Gasteiger partial charge < -0.3 is 10.1 Å². The lowest BCUT2D eigenvalue weighted by Gasteiger charge is -2.07. The summed E-state index contributed by atoms with van der Waals surface area (Å²) in [5.74, 6) is 0.511. The first-order valence-corrected chi connectivity index (χ1v) is 9.45. The van der Waals surface area contributed by atoms with Gasteiger partial charge in [0.2, 0.25) is 0 Å². The zero-order chi connectivity index (χ0) is 18.7. The Bertz CT molecular complexity index is 922. The molecule has 0 spiro atoms. The predicted molar refractivity (Wildman–Crippen MR) is 109 cm³/mol. The van der Waals surface area contributed by atoms with Crippen molar-refractivity contribution in [1.82, 2.24) is 5.32 Å². The topological polar surface area (TPSA) is 50.7 Å². The maximum Gasteiger partial charge on any atom is 0.264 e. The number of hydrogen-bond acceptors (Lipinski definition) is 4. The summed E-state index contributed by atoms with van der Waals surface area (Å²) in [6.45, 7) is 6.55. The minimum Gasteiger partial charge on any atom is -0.493 e. The average molecular weight is 387 g/mol. The van der Waals surface area contributed by atoms with Gasteiger partial charge in [0.1, 0.15) is 5.75 Å². The van der Waals surface area contributed by atoms with Crippen LogP contribution in [0.3, 0.4) is 0 Å². The van der Waals surface area contributed by atoms with E-state index in [2.05, 4.69) is 17.2 Å². The van der Waals surface area contributed by atoms with Gasteiger partial charge in [-0.25, -0.2) is 4.99 Å². The van der Waals surface area contributed by atoms with Gasteiger partial charge in [-0.05, 0) is 80.1 Å². The van der Waals surface area contributed by atoms with Crippen LogP contribution in [0, 0.1) is 13.8 Å². The van der Waals surface area contributed by atoms with Crippen molar-refractivity contribution in [3.8, 4) is 5.75 Å². The molecule has 0 bridgehead atoms. The highest BCUT2D eigenvalue weighted by Crippen LogP contribution is 2.32. The molecule has 1 N–H and O–H groups in total. The van der Waals surface area contributed by atoms with E-state index >= 15 is 0 Å².